The first-order chi connectivity index (χ1) is 16.7. The van der Waals surface area contributed by atoms with Crippen molar-refractivity contribution in [1.29, 1.82) is 0 Å². The Balaban J connectivity index is 2.02. The van der Waals surface area contributed by atoms with Crippen LogP contribution in [0.3, 0.4) is 0 Å². The van der Waals surface area contributed by atoms with Crippen molar-refractivity contribution in [1.82, 2.24) is 4.31 Å². The van der Waals surface area contributed by atoms with E-state index >= 15 is 0 Å². The number of sulfonamides is 1. The minimum Gasteiger partial charge on any atom is -0.481 e. The SMILES string of the molecule is CC(=O)OCCCCC#CCOc1ccc(S(=O)(=O)N2CCSC(C)(C)[C@@H]2C(=O)OC(C)(C)C)cc1. The molecule has 1 atom stereocenters. The molecular formula is C26H37NO7S2. The molecule has 0 aromatic heterocycles. The summed E-state index contributed by atoms with van der Waals surface area (Å²) in [6.07, 6.45) is 2.25. The van der Waals surface area contributed by atoms with Crippen LogP contribution in [0.4, 0.5) is 0 Å². The van der Waals surface area contributed by atoms with Gasteiger partial charge in [-0.2, -0.15) is 16.1 Å². The van der Waals surface area contributed by atoms with Crippen LogP contribution in [0.5, 0.6) is 5.75 Å². The number of nitrogens with zero attached hydrogens (tertiary/aromatic N) is 1. The second-order valence-electron chi connectivity index (χ2n) is 9.91. The van der Waals surface area contributed by atoms with Gasteiger partial charge in [0.1, 0.15) is 24.0 Å². The number of ether oxygens (including phenoxy) is 3. The number of rotatable bonds is 9. The summed E-state index contributed by atoms with van der Waals surface area (Å²) < 4.78 is 43.7. The van der Waals surface area contributed by atoms with E-state index in [1.165, 1.54) is 23.4 Å². The van der Waals surface area contributed by atoms with Gasteiger partial charge in [-0.1, -0.05) is 11.8 Å². The molecule has 0 aliphatic carbocycles. The summed E-state index contributed by atoms with van der Waals surface area (Å²) in [6, 6.07) is 5.18. The van der Waals surface area contributed by atoms with E-state index in [-0.39, 0.29) is 24.0 Å². The third-order valence-corrected chi connectivity index (χ3v) is 8.46. The van der Waals surface area contributed by atoms with Crippen LogP contribution < -0.4 is 4.74 Å². The van der Waals surface area contributed by atoms with Crippen LogP contribution in [-0.2, 0) is 29.1 Å². The van der Waals surface area contributed by atoms with Crippen molar-refractivity contribution in [3.8, 4) is 17.6 Å². The summed E-state index contributed by atoms with van der Waals surface area (Å²) in [5.41, 5.74) is -0.726. The van der Waals surface area contributed by atoms with Crippen LogP contribution in [0, 0.1) is 11.8 Å². The lowest BCUT2D eigenvalue weighted by atomic mass is 10.0. The number of esters is 2. The van der Waals surface area contributed by atoms with Gasteiger partial charge in [0, 0.05) is 30.4 Å². The molecule has 1 saturated heterocycles. The number of benzene rings is 1. The van der Waals surface area contributed by atoms with Gasteiger partial charge in [0.25, 0.3) is 0 Å². The van der Waals surface area contributed by atoms with E-state index in [0.717, 1.165) is 12.8 Å². The summed E-state index contributed by atoms with van der Waals surface area (Å²) in [5.74, 6) is 6.16. The average molecular weight is 540 g/mol. The van der Waals surface area contributed by atoms with Crippen LogP contribution in [0.1, 0.15) is 60.8 Å². The molecule has 1 heterocycles. The molecule has 8 nitrogen and oxygen atoms in total. The van der Waals surface area contributed by atoms with Gasteiger partial charge in [0.15, 0.2) is 0 Å². The zero-order valence-corrected chi connectivity index (χ0v) is 23.6. The van der Waals surface area contributed by atoms with Crippen molar-refractivity contribution in [2.24, 2.45) is 0 Å². The van der Waals surface area contributed by atoms with E-state index in [1.807, 2.05) is 13.8 Å². The van der Waals surface area contributed by atoms with Gasteiger partial charge < -0.3 is 14.2 Å². The smallest absolute Gasteiger partial charge is 0.326 e. The van der Waals surface area contributed by atoms with E-state index in [2.05, 4.69) is 11.8 Å². The molecule has 200 valence electrons. The molecule has 1 aliphatic rings. The molecule has 0 unspecified atom stereocenters. The summed E-state index contributed by atoms with van der Waals surface area (Å²) in [7, 11) is -3.94. The topological polar surface area (TPSA) is 99.2 Å². The second kappa shape index (κ2) is 12.8. The fourth-order valence-corrected chi connectivity index (χ4v) is 6.69. The molecule has 1 aliphatic heterocycles. The Labute approximate surface area is 219 Å². The van der Waals surface area contributed by atoms with Crippen molar-refractivity contribution < 1.29 is 32.2 Å². The molecule has 2 rings (SSSR count). The largest absolute Gasteiger partial charge is 0.481 e. The van der Waals surface area contributed by atoms with Gasteiger partial charge in [-0.3, -0.25) is 9.59 Å². The molecular weight excluding hydrogens is 502 g/mol. The van der Waals surface area contributed by atoms with E-state index in [4.69, 9.17) is 14.2 Å². The van der Waals surface area contributed by atoms with Gasteiger partial charge in [-0.25, -0.2) is 8.42 Å². The zero-order valence-electron chi connectivity index (χ0n) is 22.0. The van der Waals surface area contributed by atoms with E-state index < -0.39 is 32.4 Å². The van der Waals surface area contributed by atoms with E-state index in [9.17, 15) is 18.0 Å². The Morgan fingerprint density at radius 3 is 2.42 bits per heavy atom. The molecule has 1 aromatic carbocycles. The molecule has 0 bridgehead atoms. The predicted molar refractivity (Wildman–Crippen MR) is 140 cm³/mol. The molecule has 0 radical (unpaired) electrons. The van der Waals surface area contributed by atoms with Crippen molar-refractivity contribution in [2.75, 3.05) is 25.5 Å². The van der Waals surface area contributed by atoms with Crippen LogP contribution in [0.15, 0.2) is 29.2 Å². The molecule has 36 heavy (non-hydrogen) atoms. The highest BCUT2D eigenvalue weighted by Crippen LogP contribution is 2.39. The summed E-state index contributed by atoms with van der Waals surface area (Å²) in [5, 5.41) is 0. The maximum Gasteiger partial charge on any atom is 0.326 e. The van der Waals surface area contributed by atoms with Crippen LogP contribution in [-0.4, -0.2) is 66.6 Å². The fourth-order valence-electron chi connectivity index (χ4n) is 3.60. The number of hydrogen-bond donors (Lipinski definition) is 0. The molecule has 0 saturated carbocycles. The summed E-state index contributed by atoms with van der Waals surface area (Å²) in [4.78, 5) is 23.8. The first-order valence-corrected chi connectivity index (χ1v) is 14.4. The Bertz CT molecular complexity index is 1060. The minimum atomic E-state index is -3.94. The second-order valence-corrected chi connectivity index (χ2v) is 13.6. The highest BCUT2D eigenvalue weighted by atomic mass is 32.2. The predicted octanol–water partition coefficient (Wildman–Crippen LogP) is 4.03. The molecule has 1 aromatic rings. The monoisotopic (exact) mass is 539 g/mol. The van der Waals surface area contributed by atoms with E-state index in [0.29, 0.717) is 24.5 Å². The maximum atomic E-state index is 13.5. The molecule has 0 N–H and O–H groups in total. The molecule has 0 amide bonds. The van der Waals surface area contributed by atoms with Gasteiger partial charge in [-0.15, -0.1) is 0 Å². The first-order valence-electron chi connectivity index (χ1n) is 11.9. The van der Waals surface area contributed by atoms with Crippen molar-refractivity contribution >= 4 is 33.7 Å². The quantitative estimate of drug-likeness (QED) is 0.264. The van der Waals surface area contributed by atoms with Crippen molar-refractivity contribution in [3.05, 3.63) is 24.3 Å². The summed E-state index contributed by atoms with van der Waals surface area (Å²) in [6.45, 7) is 11.2. The van der Waals surface area contributed by atoms with Gasteiger partial charge in [0.2, 0.25) is 10.0 Å². The lowest BCUT2D eigenvalue weighted by molar-refractivity contribution is -0.160. The summed E-state index contributed by atoms with van der Waals surface area (Å²) >= 11 is 1.56. The Kier molecular flexibility index (Phi) is 10.7. The van der Waals surface area contributed by atoms with Gasteiger partial charge >= 0.3 is 11.9 Å². The Morgan fingerprint density at radius 2 is 1.81 bits per heavy atom. The molecule has 1 fully saturated rings. The fraction of sp³-hybridized carbons (Fsp3) is 0.615. The third-order valence-electron chi connectivity index (χ3n) is 5.23. The lowest BCUT2D eigenvalue weighted by Crippen LogP contribution is -2.59. The number of unbranched alkanes of at least 4 members (excludes halogenated alkanes) is 2. The zero-order chi connectivity index (χ0) is 27.0. The number of carbonyl (C=O) groups is 2. The van der Waals surface area contributed by atoms with Crippen LogP contribution in [0.25, 0.3) is 0 Å². The minimum absolute atomic E-state index is 0.0879. The highest BCUT2D eigenvalue weighted by Gasteiger charge is 2.49. The average Bonchev–Trinajstić information content (AvgIpc) is 2.76. The number of carbonyl (C=O) groups excluding carboxylic acids is 2. The number of hydrogen-bond acceptors (Lipinski definition) is 8. The van der Waals surface area contributed by atoms with E-state index in [1.54, 1.807) is 44.7 Å². The number of thioether (sulfide) groups is 1. The van der Waals surface area contributed by atoms with Crippen molar-refractivity contribution in [3.63, 3.8) is 0 Å². The maximum absolute atomic E-state index is 13.5. The van der Waals surface area contributed by atoms with Crippen LogP contribution >= 0.6 is 11.8 Å². The highest BCUT2D eigenvalue weighted by molar-refractivity contribution is 8.00. The van der Waals surface area contributed by atoms with Crippen LogP contribution in [0.2, 0.25) is 0 Å². The normalized spacial score (nSPS) is 18.0. The van der Waals surface area contributed by atoms with Crippen molar-refractivity contribution in [2.45, 2.75) is 82.1 Å². The Hall–Kier alpha value is -2.22. The molecule has 0 spiro atoms. The van der Waals surface area contributed by atoms with Gasteiger partial charge in [-0.05, 0) is 71.7 Å². The first kappa shape index (κ1) is 30.0. The third kappa shape index (κ3) is 9.02. The van der Waals surface area contributed by atoms with Gasteiger partial charge in [0.05, 0.1) is 11.5 Å². The Morgan fingerprint density at radius 1 is 1.14 bits per heavy atom. The lowest BCUT2D eigenvalue weighted by Gasteiger charge is -2.44. The molecule has 10 heteroatoms. The standard InChI is InChI=1S/C26H37NO7S2/c1-20(28)32-17-10-8-7-9-11-18-33-21-12-14-22(15-13-21)36(30,31)27-16-19-35-26(5,6)23(27)24(29)34-25(2,3)4/h12-15,23H,7-8,10,16-19H2,1-6H3/t23-/m0/s1.